The summed E-state index contributed by atoms with van der Waals surface area (Å²) in [4.78, 5) is 13.2. The van der Waals surface area contributed by atoms with Crippen LogP contribution < -0.4 is 0 Å². The van der Waals surface area contributed by atoms with Gasteiger partial charge < -0.3 is 4.57 Å². The van der Waals surface area contributed by atoms with E-state index in [1.807, 2.05) is 80.6 Å². The molecule has 2 aromatic rings. The molecule has 0 amide bonds. The highest BCUT2D eigenvalue weighted by Gasteiger charge is 2.56. The molecule has 2 aromatic carbocycles. The molecule has 0 heterocycles. The maximum absolute atomic E-state index is 13.2. The van der Waals surface area contributed by atoms with Crippen molar-refractivity contribution >= 4 is 14.0 Å². The molecule has 0 radical (unpaired) electrons. The van der Waals surface area contributed by atoms with E-state index in [2.05, 4.69) is 13.0 Å². The molecule has 0 bridgehead atoms. The van der Waals surface area contributed by atoms with E-state index >= 15 is 0 Å². The third-order valence-electron chi connectivity index (χ3n) is 5.39. The Morgan fingerprint density at radius 1 is 0.880 bits per heavy atom. The fraction of sp³-hybridized carbons (Fsp3) is 0.227. The first-order valence-corrected chi connectivity index (χ1v) is 9.50. The smallest absolute Gasteiger partial charge is 0.201 e. The van der Waals surface area contributed by atoms with Crippen LogP contribution in [0.15, 0.2) is 84.0 Å². The molecule has 3 atom stereocenters. The molecule has 0 saturated heterocycles. The summed E-state index contributed by atoms with van der Waals surface area (Å²) >= 11 is 0. The first-order valence-electron chi connectivity index (χ1n) is 8.45. The average Bonchev–Trinajstić information content (AvgIpc) is 2.62. The van der Waals surface area contributed by atoms with Gasteiger partial charge in [-0.1, -0.05) is 90.9 Å². The quantitative estimate of drug-likeness (QED) is 0.721. The zero-order valence-electron chi connectivity index (χ0n) is 14.8. The van der Waals surface area contributed by atoms with Gasteiger partial charge in [-0.2, -0.15) is 0 Å². The summed E-state index contributed by atoms with van der Waals surface area (Å²) in [7, 11) is -1.55. The lowest BCUT2D eigenvalue weighted by Crippen LogP contribution is -2.52. The summed E-state index contributed by atoms with van der Waals surface area (Å²) in [6.07, 6.45) is 4.19. The van der Waals surface area contributed by atoms with E-state index in [1.165, 1.54) is 0 Å². The summed E-state index contributed by atoms with van der Waals surface area (Å²) in [6, 6.07) is 19.8. The van der Waals surface area contributed by atoms with Crippen LogP contribution in [0.5, 0.6) is 0 Å². The largest absolute Gasteiger partial charge is 0.322 e. The van der Waals surface area contributed by atoms with E-state index in [0.29, 0.717) is 0 Å². The SMILES string of the molecule is CC1=CC(C)(c2ccccc2)C(C(=O)[PH2]=O)(c2ccccc2)C(C)=C1. The fourth-order valence-corrected chi connectivity index (χ4v) is 5.32. The first kappa shape index (κ1) is 17.6. The Morgan fingerprint density at radius 3 is 1.92 bits per heavy atom. The van der Waals surface area contributed by atoms with Crippen molar-refractivity contribution in [1.29, 1.82) is 0 Å². The third kappa shape index (κ3) is 2.56. The van der Waals surface area contributed by atoms with Crippen molar-refractivity contribution in [2.45, 2.75) is 31.6 Å². The number of hydrogen-bond donors (Lipinski definition) is 0. The first-order chi connectivity index (χ1) is 12.0. The van der Waals surface area contributed by atoms with Gasteiger partial charge >= 0.3 is 0 Å². The van der Waals surface area contributed by atoms with Crippen LogP contribution in [-0.2, 0) is 20.2 Å². The molecule has 1 aliphatic carbocycles. The van der Waals surface area contributed by atoms with Crippen molar-refractivity contribution in [2.75, 3.05) is 0 Å². The van der Waals surface area contributed by atoms with Gasteiger partial charge in [0.1, 0.15) is 8.46 Å². The minimum absolute atomic E-state index is 0.206. The van der Waals surface area contributed by atoms with Crippen LogP contribution in [0.2, 0.25) is 0 Å². The van der Waals surface area contributed by atoms with Crippen molar-refractivity contribution in [3.8, 4) is 0 Å². The van der Waals surface area contributed by atoms with Gasteiger partial charge in [0.05, 0.1) is 5.41 Å². The molecule has 3 heteroatoms. The highest BCUT2D eigenvalue weighted by Crippen LogP contribution is 2.54. The maximum Gasteiger partial charge on any atom is 0.201 e. The van der Waals surface area contributed by atoms with E-state index < -0.39 is 19.3 Å². The topological polar surface area (TPSA) is 34.1 Å². The lowest BCUT2D eigenvalue weighted by Gasteiger charge is -2.49. The van der Waals surface area contributed by atoms with Crippen molar-refractivity contribution < 1.29 is 9.36 Å². The van der Waals surface area contributed by atoms with Crippen LogP contribution in [-0.4, -0.2) is 5.52 Å². The number of rotatable bonds is 4. The second kappa shape index (κ2) is 6.61. The molecule has 3 unspecified atom stereocenters. The van der Waals surface area contributed by atoms with E-state index in [-0.39, 0.29) is 5.52 Å². The molecule has 1 aliphatic rings. The van der Waals surface area contributed by atoms with Crippen molar-refractivity contribution in [2.24, 2.45) is 0 Å². The Kier molecular flexibility index (Phi) is 4.67. The highest BCUT2D eigenvalue weighted by atomic mass is 31.1. The highest BCUT2D eigenvalue weighted by molar-refractivity contribution is 7.46. The fourth-order valence-electron chi connectivity index (χ4n) is 4.45. The van der Waals surface area contributed by atoms with Crippen LogP contribution in [0, 0.1) is 0 Å². The van der Waals surface area contributed by atoms with Crippen molar-refractivity contribution in [3.05, 3.63) is 95.1 Å². The molecule has 0 N–H and O–H groups in total. The zero-order valence-corrected chi connectivity index (χ0v) is 16.0. The summed E-state index contributed by atoms with van der Waals surface area (Å²) in [5.74, 6) is 0. The van der Waals surface area contributed by atoms with E-state index in [0.717, 1.165) is 22.3 Å². The van der Waals surface area contributed by atoms with E-state index in [9.17, 15) is 9.36 Å². The number of benzene rings is 2. The zero-order chi connectivity index (χ0) is 18.1. The molecule has 0 spiro atoms. The van der Waals surface area contributed by atoms with E-state index in [4.69, 9.17) is 0 Å². The van der Waals surface area contributed by atoms with Gasteiger partial charge in [0.25, 0.3) is 0 Å². The molecular formula is C22H23O2P. The number of hydrogen-bond acceptors (Lipinski definition) is 2. The Bertz CT molecular complexity index is 867. The van der Waals surface area contributed by atoms with Gasteiger partial charge in [0.2, 0.25) is 5.52 Å². The molecule has 0 aliphatic heterocycles. The molecule has 3 rings (SSSR count). The lowest BCUT2D eigenvalue weighted by atomic mass is 9.53. The lowest BCUT2D eigenvalue weighted by molar-refractivity contribution is -0.116. The molecule has 0 aromatic heterocycles. The summed E-state index contributed by atoms with van der Waals surface area (Å²) in [6.45, 7) is 6.12. The summed E-state index contributed by atoms with van der Waals surface area (Å²) < 4.78 is 11.9. The minimum Gasteiger partial charge on any atom is -0.322 e. The van der Waals surface area contributed by atoms with Crippen LogP contribution in [0.4, 0.5) is 0 Å². The summed E-state index contributed by atoms with van der Waals surface area (Å²) in [5.41, 5.74) is 2.24. The van der Waals surface area contributed by atoms with Crippen LogP contribution in [0.3, 0.4) is 0 Å². The predicted octanol–water partition coefficient (Wildman–Crippen LogP) is 5.07. The van der Waals surface area contributed by atoms with Gasteiger partial charge in [-0.15, -0.1) is 0 Å². The Labute approximate surface area is 150 Å². The van der Waals surface area contributed by atoms with Crippen LogP contribution in [0.1, 0.15) is 31.9 Å². The molecule has 25 heavy (non-hydrogen) atoms. The minimum atomic E-state index is -1.55. The van der Waals surface area contributed by atoms with Crippen molar-refractivity contribution in [3.63, 3.8) is 0 Å². The van der Waals surface area contributed by atoms with E-state index in [1.54, 1.807) is 0 Å². The predicted molar refractivity (Wildman–Crippen MR) is 105 cm³/mol. The monoisotopic (exact) mass is 350 g/mol. The Hall–Kier alpha value is -2.18. The molecule has 0 fully saturated rings. The maximum atomic E-state index is 13.2. The van der Waals surface area contributed by atoms with Crippen molar-refractivity contribution in [1.82, 2.24) is 0 Å². The molecule has 128 valence electrons. The molecule has 0 saturated carbocycles. The average molecular weight is 350 g/mol. The number of carbonyl (C=O) groups excluding carboxylic acids is 1. The van der Waals surface area contributed by atoms with Crippen LogP contribution in [0.25, 0.3) is 0 Å². The Morgan fingerprint density at radius 2 is 1.40 bits per heavy atom. The summed E-state index contributed by atoms with van der Waals surface area (Å²) in [5, 5.41) is 0. The number of carbonyl (C=O) groups is 1. The normalized spacial score (nSPS) is 26.4. The van der Waals surface area contributed by atoms with Crippen LogP contribution >= 0.6 is 8.46 Å². The third-order valence-corrected chi connectivity index (χ3v) is 6.04. The second-order valence-electron chi connectivity index (χ2n) is 6.88. The second-order valence-corrected chi connectivity index (χ2v) is 7.64. The number of allylic oxidation sites excluding steroid dienone is 4. The van der Waals surface area contributed by atoms with Gasteiger partial charge in [-0.05, 0) is 25.0 Å². The standard InChI is InChI=1S/C22H23O2P/c1-16-14-17(2)22(20(23)25-24,19-12-8-5-9-13-19)21(3,15-16)18-10-6-4-7-11-18/h4-15H,25H2,1-3H3. The Balaban J connectivity index is 2.43. The molecule has 2 nitrogen and oxygen atoms in total. The van der Waals surface area contributed by atoms with Gasteiger partial charge in [0.15, 0.2) is 0 Å². The van der Waals surface area contributed by atoms with Gasteiger partial charge in [-0.3, -0.25) is 4.79 Å². The van der Waals surface area contributed by atoms with Gasteiger partial charge in [0, 0.05) is 5.41 Å². The van der Waals surface area contributed by atoms with Gasteiger partial charge in [-0.25, -0.2) is 0 Å². The molecular weight excluding hydrogens is 327 g/mol.